The van der Waals surface area contributed by atoms with Crippen molar-refractivity contribution >= 4 is 11.3 Å². The molecule has 2 rings (SSSR count). The number of rotatable bonds is 2. The van der Waals surface area contributed by atoms with Crippen LogP contribution >= 0.6 is 0 Å². The third-order valence-electron chi connectivity index (χ3n) is 2.65. The molecule has 15 heavy (non-hydrogen) atoms. The van der Waals surface area contributed by atoms with Gasteiger partial charge in [-0.2, -0.15) is 0 Å². The Labute approximate surface area is 90.7 Å². The molecule has 0 heterocycles. The zero-order valence-corrected chi connectivity index (χ0v) is 8.96. The van der Waals surface area contributed by atoms with Crippen LogP contribution in [0.1, 0.15) is 30.9 Å². The number of benzene rings is 1. The fraction of sp³-hybridized carbons (Fsp3) is 0.214. The second kappa shape index (κ2) is 4.26. The van der Waals surface area contributed by atoms with E-state index in [0.717, 1.165) is 18.4 Å². The third-order valence-corrected chi connectivity index (χ3v) is 2.65. The van der Waals surface area contributed by atoms with E-state index in [0.29, 0.717) is 5.71 Å². The monoisotopic (exact) mass is 197 g/mol. The van der Waals surface area contributed by atoms with E-state index < -0.39 is 0 Å². The molecule has 1 N–H and O–H groups in total. The third kappa shape index (κ3) is 2.24. The maximum absolute atomic E-state index is 7.52. The summed E-state index contributed by atoms with van der Waals surface area (Å²) in [6.45, 7) is 1.81. The van der Waals surface area contributed by atoms with Gasteiger partial charge in [-0.15, -0.1) is 0 Å². The maximum Gasteiger partial charge on any atom is 0.0355 e. The van der Waals surface area contributed by atoms with Crippen molar-refractivity contribution in [3.05, 3.63) is 53.6 Å². The largest absolute Gasteiger partial charge is 0.305 e. The zero-order chi connectivity index (χ0) is 10.7. The molecule has 0 saturated heterocycles. The van der Waals surface area contributed by atoms with Crippen molar-refractivity contribution in [2.45, 2.75) is 19.8 Å². The first-order valence-electron chi connectivity index (χ1n) is 5.30. The molecular formula is C14H15N. The van der Waals surface area contributed by atoms with E-state index >= 15 is 0 Å². The zero-order valence-electron chi connectivity index (χ0n) is 8.96. The number of allylic oxidation sites excluding steroid dienone is 4. The summed E-state index contributed by atoms with van der Waals surface area (Å²) in [6, 6.07) is 8.21. The van der Waals surface area contributed by atoms with Gasteiger partial charge in [-0.25, -0.2) is 0 Å². The summed E-state index contributed by atoms with van der Waals surface area (Å²) in [7, 11) is 0. The summed E-state index contributed by atoms with van der Waals surface area (Å²) in [5.41, 5.74) is 4.17. The van der Waals surface area contributed by atoms with Crippen molar-refractivity contribution in [1.29, 1.82) is 5.41 Å². The van der Waals surface area contributed by atoms with Crippen molar-refractivity contribution in [2.24, 2.45) is 0 Å². The van der Waals surface area contributed by atoms with Gasteiger partial charge < -0.3 is 5.41 Å². The Hall–Kier alpha value is -1.63. The van der Waals surface area contributed by atoms with E-state index in [1.54, 1.807) is 0 Å². The maximum atomic E-state index is 7.52. The van der Waals surface area contributed by atoms with Gasteiger partial charge in [0, 0.05) is 5.71 Å². The minimum Gasteiger partial charge on any atom is -0.305 e. The number of hydrogen-bond acceptors (Lipinski definition) is 1. The van der Waals surface area contributed by atoms with Crippen LogP contribution < -0.4 is 0 Å². The minimum atomic E-state index is 0.620. The molecule has 1 aliphatic carbocycles. The molecule has 0 unspecified atom stereocenters. The molecule has 1 aliphatic rings. The van der Waals surface area contributed by atoms with Gasteiger partial charge in [-0.3, -0.25) is 0 Å². The average molecular weight is 197 g/mol. The lowest BCUT2D eigenvalue weighted by molar-refractivity contribution is 1.04. The Morgan fingerprint density at radius 3 is 2.40 bits per heavy atom. The molecule has 0 amide bonds. The van der Waals surface area contributed by atoms with Crippen LogP contribution in [0.2, 0.25) is 0 Å². The lowest BCUT2D eigenvalue weighted by Gasteiger charge is -2.07. The molecule has 0 fully saturated rings. The molecule has 1 aromatic carbocycles. The van der Waals surface area contributed by atoms with Gasteiger partial charge in [0.05, 0.1) is 0 Å². The van der Waals surface area contributed by atoms with Crippen LogP contribution in [0.3, 0.4) is 0 Å². The molecular weight excluding hydrogens is 182 g/mol. The van der Waals surface area contributed by atoms with Crippen LogP contribution in [-0.4, -0.2) is 5.71 Å². The van der Waals surface area contributed by atoms with Gasteiger partial charge in [0.15, 0.2) is 0 Å². The summed E-state index contributed by atoms with van der Waals surface area (Å²) in [6.07, 6.45) is 8.95. The average Bonchev–Trinajstić information content (AvgIpc) is 2.30. The molecule has 76 valence electrons. The second-order valence-electron chi connectivity index (χ2n) is 3.84. The molecule has 1 aromatic rings. The van der Waals surface area contributed by atoms with Crippen molar-refractivity contribution in [2.75, 3.05) is 0 Å². The molecule has 1 nitrogen and oxygen atoms in total. The van der Waals surface area contributed by atoms with Gasteiger partial charge in [0.2, 0.25) is 0 Å². The van der Waals surface area contributed by atoms with E-state index in [1.807, 2.05) is 19.1 Å². The topological polar surface area (TPSA) is 23.9 Å². The number of hydrogen-bond donors (Lipinski definition) is 1. The number of nitrogens with one attached hydrogen (secondary N) is 1. The highest BCUT2D eigenvalue weighted by Crippen LogP contribution is 2.21. The van der Waals surface area contributed by atoms with Crippen molar-refractivity contribution < 1.29 is 0 Å². The predicted octanol–water partition coefficient (Wildman–Crippen LogP) is 3.81. The summed E-state index contributed by atoms with van der Waals surface area (Å²) >= 11 is 0. The fourth-order valence-corrected chi connectivity index (χ4v) is 1.74. The first kappa shape index (κ1) is 9.91. The minimum absolute atomic E-state index is 0.620. The standard InChI is InChI=1S/C14H15N/c1-11(15)12-7-9-14(10-8-12)13-5-3-2-4-6-13/h3,5-10,15H,2,4H2,1H3. The summed E-state index contributed by atoms with van der Waals surface area (Å²) in [4.78, 5) is 0. The van der Waals surface area contributed by atoms with Crippen LogP contribution in [0.4, 0.5) is 0 Å². The fourth-order valence-electron chi connectivity index (χ4n) is 1.74. The summed E-state index contributed by atoms with van der Waals surface area (Å²) in [5.74, 6) is 0. The summed E-state index contributed by atoms with van der Waals surface area (Å²) < 4.78 is 0. The normalized spacial score (nSPS) is 14.9. The van der Waals surface area contributed by atoms with Gasteiger partial charge in [0.1, 0.15) is 0 Å². The lowest BCUT2D eigenvalue weighted by Crippen LogP contribution is -1.92. The quantitative estimate of drug-likeness (QED) is 0.697. The molecule has 0 radical (unpaired) electrons. The van der Waals surface area contributed by atoms with Gasteiger partial charge >= 0.3 is 0 Å². The van der Waals surface area contributed by atoms with E-state index in [9.17, 15) is 0 Å². The van der Waals surface area contributed by atoms with Crippen LogP contribution in [0.5, 0.6) is 0 Å². The van der Waals surface area contributed by atoms with Crippen molar-refractivity contribution in [3.8, 4) is 0 Å². The highest BCUT2D eigenvalue weighted by Gasteiger charge is 2.01. The van der Waals surface area contributed by atoms with E-state index in [2.05, 4.69) is 30.4 Å². The lowest BCUT2D eigenvalue weighted by atomic mass is 9.98. The Morgan fingerprint density at radius 2 is 1.87 bits per heavy atom. The molecule has 0 saturated carbocycles. The van der Waals surface area contributed by atoms with E-state index in [-0.39, 0.29) is 0 Å². The van der Waals surface area contributed by atoms with Gasteiger partial charge in [-0.05, 0) is 36.5 Å². The molecule has 0 atom stereocenters. The highest BCUT2D eigenvalue weighted by atomic mass is 14.4. The first-order valence-corrected chi connectivity index (χ1v) is 5.30. The van der Waals surface area contributed by atoms with E-state index in [1.165, 1.54) is 11.1 Å². The second-order valence-corrected chi connectivity index (χ2v) is 3.84. The van der Waals surface area contributed by atoms with Crippen molar-refractivity contribution in [3.63, 3.8) is 0 Å². The molecule has 1 heteroatoms. The Bertz CT molecular complexity index is 421. The molecule has 0 aliphatic heterocycles. The van der Waals surface area contributed by atoms with Gasteiger partial charge in [0.25, 0.3) is 0 Å². The van der Waals surface area contributed by atoms with E-state index in [4.69, 9.17) is 5.41 Å². The summed E-state index contributed by atoms with van der Waals surface area (Å²) in [5, 5.41) is 7.52. The van der Waals surface area contributed by atoms with Crippen LogP contribution in [0, 0.1) is 5.41 Å². The highest BCUT2D eigenvalue weighted by molar-refractivity contribution is 5.96. The van der Waals surface area contributed by atoms with Crippen molar-refractivity contribution in [1.82, 2.24) is 0 Å². The smallest absolute Gasteiger partial charge is 0.0355 e. The Balaban J connectivity index is 2.27. The molecule has 0 aromatic heterocycles. The SMILES string of the molecule is CC(=N)c1ccc(C2=CCCC=C2)cc1. The van der Waals surface area contributed by atoms with Crippen LogP contribution in [0.25, 0.3) is 5.57 Å². The first-order chi connectivity index (χ1) is 7.27. The van der Waals surface area contributed by atoms with Gasteiger partial charge in [-0.1, -0.05) is 42.5 Å². The Morgan fingerprint density at radius 1 is 1.13 bits per heavy atom. The van der Waals surface area contributed by atoms with Crippen LogP contribution in [0.15, 0.2) is 42.5 Å². The molecule has 0 spiro atoms. The Kier molecular flexibility index (Phi) is 2.82. The van der Waals surface area contributed by atoms with Crippen LogP contribution in [-0.2, 0) is 0 Å². The molecule has 0 bridgehead atoms. The predicted molar refractivity (Wildman–Crippen MR) is 65.3 cm³/mol.